The van der Waals surface area contributed by atoms with E-state index in [0.29, 0.717) is 29.9 Å². The van der Waals surface area contributed by atoms with Crippen molar-refractivity contribution in [1.82, 2.24) is 10.2 Å². The number of benzene rings is 1. The number of likely N-dealkylation sites (tertiary alicyclic amines) is 1. The molecule has 0 spiro atoms. The first-order valence-electron chi connectivity index (χ1n) is 16.8. The second-order valence-corrected chi connectivity index (χ2v) is 13.7. The van der Waals surface area contributed by atoms with Crippen LogP contribution in [0.15, 0.2) is 30.5 Å². The van der Waals surface area contributed by atoms with E-state index >= 15 is 0 Å². The lowest BCUT2D eigenvalue weighted by Crippen LogP contribution is -2.57. The van der Waals surface area contributed by atoms with Gasteiger partial charge < -0.3 is 10.2 Å². The molecule has 0 aromatic heterocycles. The third-order valence-corrected chi connectivity index (χ3v) is 11.1. The van der Waals surface area contributed by atoms with E-state index in [2.05, 4.69) is 69.6 Å². The summed E-state index contributed by atoms with van der Waals surface area (Å²) in [5, 5.41) is 2.89. The number of carbonyl (C=O) groups is 2. The molecule has 0 bridgehead atoms. The summed E-state index contributed by atoms with van der Waals surface area (Å²) in [7, 11) is 0. The summed E-state index contributed by atoms with van der Waals surface area (Å²) in [5.74, 6) is 1.43. The lowest BCUT2D eigenvalue weighted by Gasteiger charge is -2.56. The van der Waals surface area contributed by atoms with Crippen LogP contribution in [0.5, 0.6) is 0 Å². The van der Waals surface area contributed by atoms with E-state index in [1.807, 2.05) is 11.8 Å². The lowest BCUT2D eigenvalue weighted by molar-refractivity contribution is -0.124. The summed E-state index contributed by atoms with van der Waals surface area (Å²) in [6.45, 7) is 19.9. The molecular weight excluding hydrogens is 506 g/mol. The van der Waals surface area contributed by atoms with Crippen LogP contribution in [0.3, 0.4) is 0 Å². The molecule has 2 saturated heterocycles. The Morgan fingerprint density at radius 3 is 2.39 bits per heavy atom. The Morgan fingerprint density at radius 1 is 1.10 bits per heavy atom. The molecule has 3 fully saturated rings. The zero-order valence-electron chi connectivity index (χ0n) is 26.9. The average Bonchev–Trinajstić information content (AvgIpc) is 2.96. The average molecular weight is 564 g/mol. The van der Waals surface area contributed by atoms with E-state index in [0.717, 1.165) is 29.6 Å². The van der Waals surface area contributed by atoms with Gasteiger partial charge in [-0.05, 0) is 106 Å². The van der Waals surface area contributed by atoms with Crippen molar-refractivity contribution in [2.45, 2.75) is 137 Å². The summed E-state index contributed by atoms with van der Waals surface area (Å²) in [6.07, 6.45) is 13.8. The van der Waals surface area contributed by atoms with Gasteiger partial charge in [-0.15, -0.1) is 0 Å². The van der Waals surface area contributed by atoms with Crippen LogP contribution < -0.4 is 10.2 Å². The number of hydrogen-bond donors (Lipinski definition) is 1. The van der Waals surface area contributed by atoms with Crippen LogP contribution in [-0.4, -0.2) is 41.9 Å². The van der Waals surface area contributed by atoms with Gasteiger partial charge in [0.05, 0.1) is 6.04 Å². The fourth-order valence-electron chi connectivity index (χ4n) is 7.85. The number of nitrogens with one attached hydrogen (secondary N) is 1. The lowest BCUT2D eigenvalue weighted by atomic mass is 9.58. The van der Waals surface area contributed by atoms with Crippen LogP contribution in [0.2, 0.25) is 0 Å². The van der Waals surface area contributed by atoms with E-state index in [1.165, 1.54) is 76.4 Å². The summed E-state index contributed by atoms with van der Waals surface area (Å²) in [4.78, 5) is 30.4. The molecule has 5 unspecified atom stereocenters. The smallest absolute Gasteiger partial charge is 0.230 e. The molecule has 5 nitrogen and oxygen atoms in total. The first-order valence-corrected chi connectivity index (χ1v) is 16.8. The number of nitrogens with zero attached hydrogens (tertiary/aromatic N) is 2. The second kappa shape index (κ2) is 13.9. The van der Waals surface area contributed by atoms with Crippen molar-refractivity contribution in [1.29, 1.82) is 0 Å². The highest BCUT2D eigenvalue weighted by Crippen LogP contribution is 2.52. The van der Waals surface area contributed by atoms with Crippen LogP contribution in [0.25, 0.3) is 0 Å². The van der Waals surface area contributed by atoms with Gasteiger partial charge in [-0.1, -0.05) is 72.6 Å². The van der Waals surface area contributed by atoms with Crippen molar-refractivity contribution < 1.29 is 9.59 Å². The maximum Gasteiger partial charge on any atom is 0.230 e. The number of carbonyl (C=O) groups excluding carboxylic acids is 2. The van der Waals surface area contributed by atoms with Gasteiger partial charge in [-0.2, -0.15) is 0 Å². The minimum atomic E-state index is -0.201. The number of aryl methyl sites for hydroxylation is 1. The molecule has 5 atom stereocenters. The predicted octanol–water partition coefficient (Wildman–Crippen LogP) is 8.12. The second-order valence-electron chi connectivity index (χ2n) is 13.7. The standard InChI is InChI=1S/C36H57N3O2/c1-8-19-36(20-15-25(4)9-2)21-16-33(36)38-22-17-29(18-23-38)30-11-12-31(27(6)24-30)39(35(41)26(5)10-3)32-13-14-34(40)37-28(32)7/h11-12,24-26,29,32-33H,7-10,13-23H2,1-6H3,(H,37,40). The van der Waals surface area contributed by atoms with Crippen molar-refractivity contribution >= 4 is 17.5 Å². The highest BCUT2D eigenvalue weighted by atomic mass is 16.2. The molecule has 41 heavy (non-hydrogen) atoms. The molecule has 1 saturated carbocycles. The normalized spacial score (nSPS) is 27.2. The Bertz CT molecular complexity index is 1070. The molecule has 1 aromatic carbocycles. The zero-order valence-corrected chi connectivity index (χ0v) is 26.9. The number of anilines is 1. The van der Waals surface area contributed by atoms with Gasteiger partial charge in [0.1, 0.15) is 0 Å². The topological polar surface area (TPSA) is 52.7 Å². The van der Waals surface area contributed by atoms with Crippen molar-refractivity contribution in [3.05, 3.63) is 41.6 Å². The molecule has 4 rings (SSSR count). The van der Waals surface area contributed by atoms with Crippen LogP contribution in [0, 0.1) is 24.2 Å². The van der Waals surface area contributed by atoms with Crippen molar-refractivity contribution in [3.8, 4) is 0 Å². The quantitative estimate of drug-likeness (QED) is 0.279. The highest BCUT2D eigenvalue weighted by Gasteiger charge is 2.48. The van der Waals surface area contributed by atoms with Crippen molar-refractivity contribution in [2.24, 2.45) is 17.3 Å². The molecule has 1 aliphatic carbocycles. The van der Waals surface area contributed by atoms with Gasteiger partial charge >= 0.3 is 0 Å². The molecule has 5 heteroatoms. The summed E-state index contributed by atoms with van der Waals surface area (Å²) >= 11 is 0. The highest BCUT2D eigenvalue weighted by molar-refractivity contribution is 5.97. The van der Waals surface area contributed by atoms with Gasteiger partial charge in [0.2, 0.25) is 11.8 Å². The maximum absolute atomic E-state index is 13.6. The zero-order chi connectivity index (χ0) is 29.7. The van der Waals surface area contributed by atoms with E-state index < -0.39 is 0 Å². The number of amides is 2. The van der Waals surface area contributed by atoms with Crippen LogP contribution >= 0.6 is 0 Å². The number of hydrogen-bond acceptors (Lipinski definition) is 3. The molecule has 1 aromatic rings. The van der Waals surface area contributed by atoms with Crippen LogP contribution in [-0.2, 0) is 9.59 Å². The molecule has 2 aliphatic heterocycles. The Kier molecular flexibility index (Phi) is 10.8. The third-order valence-electron chi connectivity index (χ3n) is 11.1. The fourth-order valence-corrected chi connectivity index (χ4v) is 7.85. The Hall–Kier alpha value is -2.14. The SMILES string of the molecule is C=C1NC(=O)CCC1N(C(=O)C(C)CC)c1ccc(C2CCN(C3CCC3(CCC)CCC(C)CC)CC2)cc1C. The van der Waals surface area contributed by atoms with Gasteiger partial charge in [-0.25, -0.2) is 0 Å². The van der Waals surface area contributed by atoms with E-state index in [1.54, 1.807) is 0 Å². The number of rotatable bonds is 12. The van der Waals surface area contributed by atoms with Gasteiger partial charge in [0, 0.05) is 29.8 Å². The Balaban J connectivity index is 1.45. The number of piperidine rings is 2. The van der Waals surface area contributed by atoms with Gasteiger partial charge in [0.15, 0.2) is 0 Å². The van der Waals surface area contributed by atoms with E-state index in [-0.39, 0.29) is 23.8 Å². The Labute approximate surface area is 250 Å². The third kappa shape index (κ3) is 6.92. The minimum absolute atomic E-state index is 0.00930. The molecule has 2 heterocycles. The summed E-state index contributed by atoms with van der Waals surface area (Å²) < 4.78 is 0. The summed E-state index contributed by atoms with van der Waals surface area (Å²) in [5.41, 5.74) is 4.68. The first-order chi connectivity index (χ1) is 19.6. The monoisotopic (exact) mass is 563 g/mol. The molecule has 3 aliphatic rings. The molecular formula is C36H57N3O2. The fraction of sp³-hybridized carbons (Fsp3) is 0.722. The molecule has 228 valence electrons. The van der Waals surface area contributed by atoms with Crippen molar-refractivity contribution in [2.75, 3.05) is 18.0 Å². The minimum Gasteiger partial charge on any atom is -0.328 e. The largest absolute Gasteiger partial charge is 0.328 e. The molecule has 0 radical (unpaired) electrons. The maximum atomic E-state index is 13.6. The van der Waals surface area contributed by atoms with Gasteiger partial charge in [-0.3, -0.25) is 14.5 Å². The van der Waals surface area contributed by atoms with Crippen molar-refractivity contribution in [3.63, 3.8) is 0 Å². The first kappa shape index (κ1) is 31.8. The van der Waals surface area contributed by atoms with E-state index in [9.17, 15) is 9.59 Å². The molecule has 2 amide bonds. The Morgan fingerprint density at radius 2 is 1.83 bits per heavy atom. The summed E-state index contributed by atoms with van der Waals surface area (Å²) in [6, 6.07) is 7.33. The predicted molar refractivity (Wildman–Crippen MR) is 171 cm³/mol. The van der Waals surface area contributed by atoms with Gasteiger partial charge in [0.25, 0.3) is 0 Å². The molecule has 1 N–H and O–H groups in total. The van der Waals surface area contributed by atoms with E-state index in [4.69, 9.17) is 0 Å². The van der Waals surface area contributed by atoms with Crippen LogP contribution in [0.1, 0.15) is 129 Å². The van der Waals surface area contributed by atoms with Crippen LogP contribution in [0.4, 0.5) is 5.69 Å².